The number of non-ortho nitro benzene ring substituents is 1. The number of aromatic nitrogens is 1. The molecule has 1 aromatic heterocycles. The van der Waals surface area contributed by atoms with Crippen LogP contribution in [0.2, 0.25) is 0 Å². The van der Waals surface area contributed by atoms with E-state index in [-0.39, 0.29) is 11.3 Å². The topological polar surface area (TPSA) is 74.4 Å². The number of esters is 1. The zero-order valence-electron chi connectivity index (χ0n) is 13.6. The summed E-state index contributed by atoms with van der Waals surface area (Å²) in [6.45, 7) is 3.91. The Hall–Kier alpha value is -3.41. The molecule has 3 rings (SSSR count). The molecule has 0 aliphatic heterocycles. The first-order valence-corrected chi connectivity index (χ1v) is 7.60. The fraction of sp³-hybridized carbons (Fsp3) is 0.105. The number of methoxy groups -OCH3 is 1. The average molecular weight is 336 g/mol. The number of rotatable bonds is 5. The lowest BCUT2D eigenvalue weighted by molar-refractivity contribution is -0.384. The van der Waals surface area contributed by atoms with E-state index in [4.69, 9.17) is 4.74 Å². The number of carbonyl (C=O) groups is 1. The van der Waals surface area contributed by atoms with Crippen molar-refractivity contribution in [2.75, 3.05) is 7.11 Å². The fourth-order valence-corrected chi connectivity index (χ4v) is 2.90. The molecule has 3 aromatic rings. The van der Waals surface area contributed by atoms with Crippen molar-refractivity contribution in [2.45, 2.75) is 6.04 Å². The molecular formula is C19H16N2O4. The second kappa shape index (κ2) is 6.60. The van der Waals surface area contributed by atoms with E-state index >= 15 is 0 Å². The van der Waals surface area contributed by atoms with Gasteiger partial charge in [0, 0.05) is 29.2 Å². The third-order valence-electron chi connectivity index (χ3n) is 4.09. The summed E-state index contributed by atoms with van der Waals surface area (Å²) in [5, 5.41) is 11.7. The van der Waals surface area contributed by atoms with Gasteiger partial charge in [0.1, 0.15) is 0 Å². The fourth-order valence-electron chi connectivity index (χ4n) is 2.90. The van der Waals surface area contributed by atoms with E-state index in [1.54, 1.807) is 18.3 Å². The van der Waals surface area contributed by atoms with E-state index in [1.165, 1.54) is 19.2 Å². The summed E-state index contributed by atoms with van der Waals surface area (Å²) >= 11 is 0. The molecule has 25 heavy (non-hydrogen) atoms. The van der Waals surface area contributed by atoms with Gasteiger partial charge in [-0.25, -0.2) is 4.79 Å². The summed E-state index contributed by atoms with van der Waals surface area (Å²) < 4.78 is 6.70. The minimum absolute atomic E-state index is 0.0216. The molecule has 0 aliphatic rings. The smallest absolute Gasteiger partial charge is 0.335 e. The van der Waals surface area contributed by atoms with Crippen LogP contribution in [0.5, 0.6) is 0 Å². The maximum Gasteiger partial charge on any atom is 0.335 e. The molecule has 1 atom stereocenters. The lowest BCUT2D eigenvalue weighted by atomic mass is 9.99. The molecule has 0 unspecified atom stereocenters. The number of nitro groups is 1. The Bertz CT molecular complexity index is 960. The van der Waals surface area contributed by atoms with Crippen molar-refractivity contribution in [1.82, 2.24) is 4.57 Å². The van der Waals surface area contributed by atoms with Crippen molar-refractivity contribution < 1.29 is 14.5 Å². The largest absolute Gasteiger partial charge is 0.466 e. The molecule has 0 radical (unpaired) electrons. The first-order chi connectivity index (χ1) is 12.0. The number of ether oxygens (including phenoxy) is 1. The van der Waals surface area contributed by atoms with Gasteiger partial charge in [0.25, 0.3) is 5.69 Å². The second-order valence-electron chi connectivity index (χ2n) is 5.55. The van der Waals surface area contributed by atoms with Gasteiger partial charge < -0.3 is 9.30 Å². The standard InChI is InChI=1S/C19H16N2O4/c1-13(19(22)25-2)18(14-6-4-3-5-7-14)20-11-10-15-12-16(21(23)24)8-9-17(15)20/h3-12,18H,1H2,2H3/t18-/m1/s1. The van der Waals surface area contributed by atoms with E-state index in [1.807, 2.05) is 34.9 Å². The van der Waals surface area contributed by atoms with Crippen LogP contribution in [0.1, 0.15) is 11.6 Å². The van der Waals surface area contributed by atoms with Crippen LogP contribution in [0.15, 0.2) is 72.9 Å². The number of benzene rings is 2. The maximum atomic E-state index is 12.1. The third kappa shape index (κ3) is 3.01. The van der Waals surface area contributed by atoms with Crippen molar-refractivity contribution >= 4 is 22.6 Å². The Morgan fingerprint density at radius 3 is 2.56 bits per heavy atom. The molecular weight excluding hydrogens is 320 g/mol. The van der Waals surface area contributed by atoms with E-state index < -0.39 is 16.9 Å². The van der Waals surface area contributed by atoms with E-state index in [0.717, 1.165) is 11.1 Å². The van der Waals surface area contributed by atoms with Crippen LogP contribution >= 0.6 is 0 Å². The predicted octanol–water partition coefficient (Wildman–Crippen LogP) is 3.87. The van der Waals surface area contributed by atoms with Crippen LogP contribution in [0, 0.1) is 10.1 Å². The zero-order valence-corrected chi connectivity index (χ0v) is 13.6. The van der Waals surface area contributed by atoms with E-state index in [9.17, 15) is 14.9 Å². The molecule has 6 heteroatoms. The summed E-state index contributed by atoms with van der Waals surface area (Å²) in [6, 6.07) is 15.4. The number of hydrogen-bond donors (Lipinski definition) is 0. The van der Waals surface area contributed by atoms with Gasteiger partial charge in [-0.1, -0.05) is 36.9 Å². The summed E-state index contributed by atoms with van der Waals surface area (Å²) in [6.07, 6.45) is 1.79. The molecule has 0 amide bonds. The second-order valence-corrected chi connectivity index (χ2v) is 5.55. The van der Waals surface area contributed by atoms with Gasteiger partial charge in [-0.05, 0) is 17.7 Å². The van der Waals surface area contributed by atoms with Gasteiger partial charge in [-0.15, -0.1) is 0 Å². The third-order valence-corrected chi connectivity index (χ3v) is 4.09. The molecule has 6 nitrogen and oxygen atoms in total. The molecule has 0 aliphatic carbocycles. The molecule has 2 aromatic carbocycles. The number of nitrogens with zero attached hydrogens (tertiary/aromatic N) is 2. The van der Waals surface area contributed by atoms with Crippen LogP contribution in [0.4, 0.5) is 5.69 Å². The summed E-state index contributed by atoms with van der Waals surface area (Å²) in [5.41, 5.74) is 1.94. The van der Waals surface area contributed by atoms with Gasteiger partial charge in [0.05, 0.1) is 23.6 Å². The quantitative estimate of drug-likeness (QED) is 0.307. The molecule has 126 valence electrons. The predicted molar refractivity (Wildman–Crippen MR) is 94.3 cm³/mol. The van der Waals surface area contributed by atoms with Gasteiger partial charge >= 0.3 is 5.97 Å². The Balaban J connectivity index is 2.16. The number of carbonyl (C=O) groups excluding carboxylic acids is 1. The lowest BCUT2D eigenvalue weighted by Gasteiger charge is -2.21. The normalized spacial score (nSPS) is 11.9. The number of nitro benzene ring substituents is 1. The van der Waals surface area contributed by atoms with Gasteiger partial charge in [0.2, 0.25) is 0 Å². The highest BCUT2D eigenvalue weighted by Crippen LogP contribution is 2.32. The van der Waals surface area contributed by atoms with Crippen LogP contribution in [-0.4, -0.2) is 22.6 Å². The highest BCUT2D eigenvalue weighted by Gasteiger charge is 2.24. The van der Waals surface area contributed by atoms with Crippen LogP contribution in [0.3, 0.4) is 0 Å². The Labute approximate surface area is 144 Å². The van der Waals surface area contributed by atoms with Crippen molar-refractivity contribution in [3.05, 3.63) is 88.6 Å². The summed E-state index contributed by atoms with van der Waals surface area (Å²) in [4.78, 5) is 22.6. The average Bonchev–Trinajstić information content (AvgIpc) is 3.05. The minimum atomic E-state index is -0.502. The van der Waals surface area contributed by atoms with Gasteiger partial charge in [-0.2, -0.15) is 0 Å². The SMILES string of the molecule is C=C(C(=O)OC)[C@H](c1ccccc1)n1ccc2cc([N+](=O)[O-])ccc21. The van der Waals surface area contributed by atoms with Crippen LogP contribution in [0.25, 0.3) is 10.9 Å². The van der Waals surface area contributed by atoms with Crippen LogP contribution < -0.4 is 0 Å². The minimum Gasteiger partial charge on any atom is -0.466 e. The first kappa shape index (κ1) is 16.4. The first-order valence-electron chi connectivity index (χ1n) is 7.60. The molecule has 0 saturated carbocycles. The van der Waals surface area contributed by atoms with Crippen LogP contribution in [-0.2, 0) is 9.53 Å². The molecule has 1 heterocycles. The van der Waals surface area contributed by atoms with Crippen molar-refractivity contribution in [1.29, 1.82) is 0 Å². The molecule has 0 N–H and O–H groups in total. The highest BCUT2D eigenvalue weighted by molar-refractivity contribution is 5.90. The van der Waals surface area contributed by atoms with Crippen molar-refractivity contribution in [2.24, 2.45) is 0 Å². The molecule has 0 fully saturated rings. The Kier molecular flexibility index (Phi) is 4.35. The Morgan fingerprint density at radius 1 is 1.20 bits per heavy atom. The lowest BCUT2D eigenvalue weighted by Crippen LogP contribution is -2.18. The van der Waals surface area contributed by atoms with Crippen molar-refractivity contribution in [3.8, 4) is 0 Å². The Morgan fingerprint density at radius 2 is 1.92 bits per heavy atom. The van der Waals surface area contributed by atoms with Crippen molar-refractivity contribution in [3.63, 3.8) is 0 Å². The molecule has 0 bridgehead atoms. The van der Waals surface area contributed by atoms with E-state index in [2.05, 4.69) is 6.58 Å². The van der Waals surface area contributed by atoms with Gasteiger partial charge in [0.15, 0.2) is 0 Å². The molecule has 0 spiro atoms. The molecule has 0 saturated heterocycles. The maximum absolute atomic E-state index is 12.1. The van der Waals surface area contributed by atoms with Gasteiger partial charge in [-0.3, -0.25) is 10.1 Å². The summed E-state index contributed by atoms with van der Waals surface area (Å²) in [5.74, 6) is -0.502. The van der Waals surface area contributed by atoms with E-state index in [0.29, 0.717) is 5.39 Å². The number of hydrogen-bond acceptors (Lipinski definition) is 4. The summed E-state index contributed by atoms with van der Waals surface area (Å²) in [7, 11) is 1.31. The number of fused-ring (bicyclic) bond motifs is 1. The zero-order chi connectivity index (χ0) is 18.0. The monoisotopic (exact) mass is 336 g/mol. The highest BCUT2D eigenvalue weighted by atomic mass is 16.6.